The number of benzene rings is 1. The van der Waals surface area contributed by atoms with Crippen LogP contribution in [-0.2, 0) is 0 Å². The van der Waals surface area contributed by atoms with Gasteiger partial charge in [0.15, 0.2) is 0 Å². The highest BCUT2D eigenvalue weighted by atomic mass is 19.1. The van der Waals surface area contributed by atoms with Gasteiger partial charge in [0.2, 0.25) is 0 Å². The Balaban J connectivity index is 1.76. The van der Waals surface area contributed by atoms with Crippen molar-refractivity contribution in [1.29, 1.82) is 0 Å². The molecule has 0 spiro atoms. The topological polar surface area (TPSA) is 12.0 Å². The maximum atomic E-state index is 13.4. The summed E-state index contributed by atoms with van der Waals surface area (Å²) >= 11 is 0. The molecular formula is C18H26FN. The molecular weight excluding hydrogens is 249 g/mol. The van der Waals surface area contributed by atoms with Gasteiger partial charge in [0.05, 0.1) is 0 Å². The average Bonchev–Trinajstić information content (AvgIpc) is 2.72. The van der Waals surface area contributed by atoms with Crippen LogP contribution in [0.4, 0.5) is 4.39 Å². The SMILES string of the molecule is C[C@H](NC1CC2CCC1(C)C2(C)C)c1cccc(F)c1. The third-order valence-electron chi connectivity index (χ3n) is 6.59. The highest BCUT2D eigenvalue weighted by molar-refractivity contribution is 5.21. The fraction of sp³-hybridized carbons (Fsp3) is 0.667. The van der Waals surface area contributed by atoms with Gasteiger partial charge in [-0.1, -0.05) is 32.9 Å². The number of fused-ring (bicyclic) bond motifs is 2. The Morgan fingerprint density at radius 1 is 1.30 bits per heavy atom. The third-order valence-corrected chi connectivity index (χ3v) is 6.59. The lowest BCUT2D eigenvalue weighted by molar-refractivity contribution is 0.116. The molecule has 0 heterocycles. The second-order valence-electron chi connectivity index (χ2n) is 7.61. The van der Waals surface area contributed by atoms with E-state index in [4.69, 9.17) is 0 Å². The van der Waals surface area contributed by atoms with E-state index in [1.54, 1.807) is 12.1 Å². The van der Waals surface area contributed by atoms with Crippen LogP contribution in [0.15, 0.2) is 24.3 Å². The molecule has 2 fully saturated rings. The van der Waals surface area contributed by atoms with Gasteiger partial charge in [-0.25, -0.2) is 4.39 Å². The molecule has 3 unspecified atom stereocenters. The monoisotopic (exact) mass is 275 g/mol. The van der Waals surface area contributed by atoms with Crippen molar-refractivity contribution < 1.29 is 4.39 Å². The molecule has 110 valence electrons. The summed E-state index contributed by atoms with van der Waals surface area (Å²) in [4.78, 5) is 0. The number of rotatable bonds is 3. The minimum Gasteiger partial charge on any atom is -0.307 e. The predicted molar refractivity (Wildman–Crippen MR) is 81.0 cm³/mol. The summed E-state index contributed by atoms with van der Waals surface area (Å²) < 4.78 is 13.4. The Morgan fingerprint density at radius 3 is 2.60 bits per heavy atom. The molecule has 2 bridgehead atoms. The van der Waals surface area contributed by atoms with E-state index in [0.717, 1.165) is 11.5 Å². The first-order valence-electron chi connectivity index (χ1n) is 7.86. The number of nitrogens with one attached hydrogen (secondary N) is 1. The molecule has 1 nitrogen and oxygen atoms in total. The number of hydrogen-bond acceptors (Lipinski definition) is 1. The highest BCUT2D eigenvalue weighted by Gasteiger charge is 2.61. The summed E-state index contributed by atoms with van der Waals surface area (Å²) in [5.41, 5.74) is 1.85. The van der Waals surface area contributed by atoms with Crippen LogP contribution < -0.4 is 5.32 Å². The van der Waals surface area contributed by atoms with E-state index in [0.29, 0.717) is 16.9 Å². The lowest BCUT2D eigenvalue weighted by Crippen LogP contribution is -2.45. The molecule has 0 aliphatic heterocycles. The molecule has 0 amide bonds. The molecule has 2 heteroatoms. The number of hydrogen-bond donors (Lipinski definition) is 1. The molecule has 1 aromatic carbocycles. The normalized spacial score (nSPS) is 36.2. The quantitative estimate of drug-likeness (QED) is 0.843. The van der Waals surface area contributed by atoms with E-state index in [-0.39, 0.29) is 11.9 Å². The Hall–Kier alpha value is -0.890. The summed E-state index contributed by atoms with van der Waals surface area (Å²) in [6.45, 7) is 9.45. The molecule has 1 N–H and O–H groups in total. The first kappa shape index (κ1) is 14.1. The third kappa shape index (κ3) is 1.92. The van der Waals surface area contributed by atoms with Crippen molar-refractivity contribution in [3.05, 3.63) is 35.6 Å². The zero-order valence-corrected chi connectivity index (χ0v) is 13.0. The van der Waals surface area contributed by atoms with E-state index >= 15 is 0 Å². The van der Waals surface area contributed by atoms with E-state index in [1.165, 1.54) is 25.3 Å². The van der Waals surface area contributed by atoms with Crippen molar-refractivity contribution in [3.63, 3.8) is 0 Å². The molecule has 4 atom stereocenters. The van der Waals surface area contributed by atoms with Crippen molar-refractivity contribution >= 4 is 0 Å². The van der Waals surface area contributed by atoms with Gasteiger partial charge in [0, 0.05) is 12.1 Å². The molecule has 0 radical (unpaired) electrons. The minimum absolute atomic E-state index is 0.143. The molecule has 2 aliphatic carbocycles. The lowest BCUT2D eigenvalue weighted by atomic mass is 9.69. The van der Waals surface area contributed by atoms with Crippen molar-refractivity contribution in [2.45, 2.75) is 59.0 Å². The first-order valence-corrected chi connectivity index (χ1v) is 7.86. The lowest BCUT2D eigenvalue weighted by Gasteiger charge is -2.40. The zero-order valence-electron chi connectivity index (χ0n) is 13.0. The molecule has 0 saturated heterocycles. The zero-order chi connectivity index (χ0) is 14.5. The van der Waals surface area contributed by atoms with Gasteiger partial charge in [-0.15, -0.1) is 0 Å². The average molecular weight is 275 g/mol. The maximum Gasteiger partial charge on any atom is 0.123 e. The maximum absolute atomic E-state index is 13.4. The van der Waals surface area contributed by atoms with Gasteiger partial charge >= 0.3 is 0 Å². The van der Waals surface area contributed by atoms with Crippen molar-refractivity contribution in [1.82, 2.24) is 5.32 Å². The highest BCUT2D eigenvalue weighted by Crippen LogP contribution is 2.65. The molecule has 2 aliphatic rings. The molecule has 0 aromatic heterocycles. The van der Waals surface area contributed by atoms with Crippen LogP contribution >= 0.6 is 0 Å². The molecule has 1 aromatic rings. The Bertz CT molecular complexity index is 510. The van der Waals surface area contributed by atoms with Gasteiger partial charge in [0.25, 0.3) is 0 Å². The van der Waals surface area contributed by atoms with Crippen LogP contribution in [0.3, 0.4) is 0 Å². The first-order chi connectivity index (χ1) is 9.34. The molecule has 2 saturated carbocycles. The van der Waals surface area contributed by atoms with Crippen LogP contribution in [0.2, 0.25) is 0 Å². The van der Waals surface area contributed by atoms with Gasteiger partial charge in [-0.05, 0) is 60.6 Å². The van der Waals surface area contributed by atoms with Gasteiger partial charge in [-0.2, -0.15) is 0 Å². The van der Waals surface area contributed by atoms with E-state index < -0.39 is 0 Å². The van der Waals surface area contributed by atoms with Crippen LogP contribution in [0.1, 0.15) is 58.6 Å². The van der Waals surface area contributed by atoms with Crippen molar-refractivity contribution in [2.75, 3.05) is 0 Å². The Labute approximate surface area is 122 Å². The Kier molecular flexibility index (Phi) is 3.20. The van der Waals surface area contributed by atoms with Crippen LogP contribution in [0.5, 0.6) is 0 Å². The summed E-state index contributed by atoms with van der Waals surface area (Å²) in [6, 6.07) is 7.74. The Morgan fingerprint density at radius 2 is 2.05 bits per heavy atom. The summed E-state index contributed by atoms with van der Waals surface area (Å²) in [5, 5.41) is 3.78. The fourth-order valence-electron chi connectivity index (χ4n) is 4.63. The van der Waals surface area contributed by atoms with E-state index in [1.807, 2.05) is 6.07 Å². The van der Waals surface area contributed by atoms with Gasteiger partial charge in [0.1, 0.15) is 5.82 Å². The predicted octanol–water partition coefficient (Wildman–Crippen LogP) is 4.69. The van der Waals surface area contributed by atoms with Crippen molar-refractivity contribution in [2.24, 2.45) is 16.7 Å². The summed E-state index contributed by atoms with van der Waals surface area (Å²) in [7, 11) is 0. The van der Waals surface area contributed by atoms with E-state index in [2.05, 4.69) is 33.0 Å². The minimum atomic E-state index is -0.143. The summed E-state index contributed by atoms with van der Waals surface area (Å²) in [5.74, 6) is 0.695. The van der Waals surface area contributed by atoms with Crippen LogP contribution in [-0.4, -0.2) is 6.04 Å². The summed E-state index contributed by atoms with van der Waals surface area (Å²) in [6.07, 6.45) is 3.96. The van der Waals surface area contributed by atoms with Crippen LogP contribution in [0.25, 0.3) is 0 Å². The molecule has 20 heavy (non-hydrogen) atoms. The standard InChI is InChI=1S/C18H26FN/c1-12(13-6-5-7-15(19)10-13)20-16-11-14-8-9-18(16,4)17(14,2)3/h5-7,10,12,14,16,20H,8-9,11H2,1-4H3/t12-,14?,16?,18?/m0/s1. The fourth-order valence-corrected chi connectivity index (χ4v) is 4.63. The van der Waals surface area contributed by atoms with Crippen molar-refractivity contribution in [3.8, 4) is 0 Å². The largest absolute Gasteiger partial charge is 0.307 e. The van der Waals surface area contributed by atoms with Gasteiger partial charge in [-0.3, -0.25) is 0 Å². The van der Waals surface area contributed by atoms with E-state index in [9.17, 15) is 4.39 Å². The number of halogens is 1. The smallest absolute Gasteiger partial charge is 0.123 e. The van der Waals surface area contributed by atoms with Crippen LogP contribution in [0, 0.1) is 22.6 Å². The second kappa shape index (κ2) is 4.56. The van der Waals surface area contributed by atoms with Gasteiger partial charge < -0.3 is 5.32 Å². The molecule has 3 rings (SSSR count). The second-order valence-corrected chi connectivity index (χ2v) is 7.61.